The molecule has 0 aromatic heterocycles. The van der Waals surface area contributed by atoms with Gasteiger partial charge >= 0.3 is 8.80 Å². The second kappa shape index (κ2) is 5.48. The summed E-state index contributed by atoms with van der Waals surface area (Å²) in [5, 5.41) is 0. The van der Waals surface area contributed by atoms with Crippen LogP contribution in [-0.2, 0) is 9.22 Å². The molecule has 0 bridgehead atoms. The summed E-state index contributed by atoms with van der Waals surface area (Å²) in [5.74, 6) is -0.482. The Morgan fingerprint density at radius 2 is 1.79 bits per heavy atom. The van der Waals surface area contributed by atoms with Crippen molar-refractivity contribution in [1.29, 1.82) is 0 Å². The highest BCUT2D eigenvalue weighted by molar-refractivity contribution is 6.59. The third kappa shape index (κ3) is 6.12. The van der Waals surface area contributed by atoms with Crippen LogP contribution in [0.2, 0.25) is 6.04 Å². The zero-order valence-electron chi connectivity index (χ0n) is 9.28. The van der Waals surface area contributed by atoms with Crippen molar-refractivity contribution in [3.05, 3.63) is 0 Å². The monoisotopic (exact) mass is 220 g/mol. The zero-order chi connectivity index (χ0) is 11.4. The Balaban J connectivity index is 4.00. The highest BCUT2D eigenvalue weighted by Crippen LogP contribution is 2.14. The lowest BCUT2D eigenvalue weighted by Crippen LogP contribution is -2.42. The van der Waals surface area contributed by atoms with Crippen LogP contribution in [0, 0.1) is 11.8 Å². The molecular weight excluding hydrogens is 200 g/mol. The van der Waals surface area contributed by atoms with Gasteiger partial charge in [0, 0.05) is 6.04 Å². The first kappa shape index (κ1) is 13.6. The Bertz CT molecular complexity index is 189. The SMILES string of the molecule is CC(C)CC[Si](O)(O)OC(=O)C(C)C. The Morgan fingerprint density at radius 3 is 2.14 bits per heavy atom. The van der Waals surface area contributed by atoms with E-state index in [0.29, 0.717) is 12.3 Å². The van der Waals surface area contributed by atoms with Crippen molar-refractivity contribution >= 4 is 14.8 Å². The van der Waals surface area contributed by atoms with E-state index in [4.69, 9.17) is 0 Å². The minimum absolute atomic E-state index is 0.184. The van der Waals surface area contributed by atoms with Crippen LogP contribution in [0.15, 0.2) is 0 Å². The van der Waals surface area contributed by atoms with Gasteiger partial charge in [-0.05, 0) is 12.3 Å². The number of hydrogen-bond acceptors (Lipinski definition) is 4. The number of carbonyl (C=O) groups is 1. The molecule has 0 radical (unpaired) electrons. The predicted molar refractivity (Wildman–Crippen MR) is 55.4 cm³/mol. The summed E-state index contributed by atoms with van der Waals surface area (Å²) >= 11 is 0. The molecular formula is C9H20O4Si. The molecule has 0 aliphatic rings. The fourth-order valence-corrected chi connectivity index (χ4v) is 2.42. The van der Waals surface area contributed by atoms with E-state index in [1.807, 2.05) is 13.8 Å². The molecule has 84 valence electrons. The van der Waals surface area contributed by atoms with Crippen LogP contribution >= 0.6 is 0 Å². The molecule has 0 fully saturated rings. The lowest BCUT2D eigenvalue weighted by atomic mass is 10.2. The second-order valence-electron chi connectivity index (χ2n) is 4.25. The van der Waals surface area contributed by atoms with E-state index in [9.17, 15) is 14.4 Å². The third-order valence-electron chi connectivity index (χ3n) is 1.78. The van der Waals surface area contributed by atoms with Crippen molar-refractivity contribution in [1.82, 2.24) is 0 Å². The first-order valence-electron chi connectivity index (χ1n) is 4.92. The summed E-state index contributed by atoms with van der Waals surface area (Å²) in [6, 6.07) is 0.184. The molecule has 0 aromatic rings. The Morgan fingerprint density at radius 1 is 1.29 bits per heavy atom. The Kier molecular flexibility index (Phi) is 5.32. The van der Waals surface area contributed by atoms with Crippen molar-refractivity contribution in [3.8, 4) is 0 Å². The third-order valence-corrected chi connectivity index (χ3v) is 3.25. The minimum Gasteiger partial charge on any atom is -0.473 e. The summed E-state index contributed by atoms with van der Waals surface area (Å²) < 4.78 is 4.66. The molecule has 0 aliphatic heterocycles. The van der Waals surface area contributed by atoms with Gasteiger partial charge in [-0.3, -0.25) is 4.79 Å². The first-order valence-corrected chi connectivity index (χ1v) is 6.93. The predicted octanol–water partition coefficient (Wildman–Crippen LogP) is 1.16. The van der Waals surface area contributed by atoms with Gasteiger partial charge in [0.2, 0.25) is 0 Å². The average molecular weight is 220 g/mol. The van der Waals surface area contributed by atoms with Crippen LogP contribution in [0.3, 0.4) is 0 Å². The fraction of sp³-hybridized carbons (Fsp3) is 0.889. The smallest absolute Gasteiger partial charge is 0.473 e. The van der Waals surface area contributed by atoms with E-state index in [1.165, 1.54) is 0 Å². The quantitative estimate of drug-likeness (QED) is 0.682. The van der Waals surface area contributed by atoms with Gasteiger partial charge in [-0.2, -0.15) is 0 Å². The van der Waals surface area contributed by atoms with Crippen molar-refractivity contribution in [3.63, 3.8) is 0 Å². The van der Waals surface area contributed by atoms with Gasteiger partial charge in [-0.25, -0.2) is 0 Å². The Labute approximate surface area is 86.3 Å². The van der Waals surface area contributed by atoms with Crippen LogP contribution in [-0.4, -0.2) is 24.4 Å². The minimum atomic E-state index is -3.74. The molecule has 0 amide bonds. The van der Waals surface area contributed by atoms with Crippen molar-refractivity contribution in [2.45, 2.75) is 40.2 Å². The largest absolute Gasteiger partial charge is 0.562 e. The first-order chi connectivity index (χ1) is 6.24. The van der Waals surface area contributed by atoms with Crippen LogP contribution in [0.1, 0.15) is 34.1 Å². The van der Waals surface area contributed by atoms with E-state index in [1.54, 1.807) is 13.8 Å². The molecule has 0 saturated carbocycles. The molecule has 0 unspecified atom stereocenters. The highest BCUT2D eigenvalue weighted by Gasteiger charge is 2.37. The summed E-state index contributed by atoms with van der Waals surface area (Å²) in [6.45, 7) is 7.29. The summed E-state index contributed by atoms with van der Waals surface area (Å²) in [6.07, 6.45) is 0.657. The molecule has 0 aromatic carbocycles. The lowest BCUT2D eigenvalue weighted by molar-refractivity contribution is -0.141. The second-order valence-corrected chi connectivity index (χ2v) is 6.44. The van der Waals surface area contributed by atoms with Gasteiger partial charge in [-0.15, -0.1) is 0 Å². The number of rotatable bonds is 5. The number of hydrogen-bond donors (Lipinski definition) is 2. The van der Waals surface area contributed by atoms with E-state index in [-0.39, 0.29) is 12.0 Å². The van der Waals surface area contributed by atoms with Gasteiger partial charge in [0.15, 0.2) is 0 Å². The number of carbonyl (C=O) groups excluding carboxylic acids is 1. The maximum atomic E-state index is 11.1. The standard InChI is InChI=1S/C9H20O4Si/c1-7(2)5-6-14(11,12)13-9(10)8(3)4/h7-8,11-12H,5-6H2,1-4H3. The van der Waals surface area contributed by atoms with Gasteiger partial charge in [0.05, 0.1) is 5.92 Å². The van der Waals surface area contributed by atoms with Gasteiger partial charge in [0.1, 0.15) is 0 Å². The van der Waals surface area contributed by atoms with Crippen LogP contribution in [0.25, 0.3) is 0 Å². The van der Waals surface area contributed by atoms with E-state index >= 15 is 0 Å². The Hall–Kier alpha value is -0.393. The van der Waals surface area contributed by atoms with Crippen molar-refractivity contribution in [2.75, 3.05) is 0 Å². The molecule has 0 rings (SSSR count). The lowest BCUT2D eigenvalue weighted by Gasteiger charge is -2.19. The normalized spacial score (nSPS) is 12.3. The van der Waals surface area contributed by atoms with Gasteiger partial charge in [-0.1, -0.05) is 27.7 Å². The van der Waals surface area contributed by atoms with Crippen LogP contribution in [0.4, 0.5) is 0 Å². The van der Waals surface area contributed by atoms with Crippen LogP contribution < -0.4 is 0 Å². The van der Waals surface area contributed by atoms with E-state index < -0.39 is 14.8 Å². The average Bonchev–Trinajstić information content (AvgIpc) is 2.00. The van der Waals surface area contributed by atoms with Crippen molar-refractivity contribution in [2.24, 2.45) is 11.8 Å². The molecule has 4 nitrogen and oxygen atoms in total. The van der Waals surface area contributed by atoms with Gasteiger partial charge in [0.25, 0.3) is 5.97 Å². The van der Waals surface area contributed by atoms with Crippen molar-refractivity contribution < 1.29 is 18.8 Å². The summed E-state index contributed by atoms with van der Waals surface area (Å²) in [7, 11) is -3.74. The summed E-state index contributed by atoms with van der Waals surface area (Å²) in [4.78, 5) is 30.0. The molecule has 0 atom stereocenters. The zero-order valence-corrected chi connectivity index (χ0v) is 10.3. The molecule has 0 aliphatic carbocycles. The topological polar surface area (TPSA) is 66.8 Å². The van der Waals surface area contributed by atoms with Gasteiger partial charge < -0.3 is 14.0 Å². The van der Waals surface area contributed by atoms with Crippen LogP contribution in [0.5, 0.6) is 0 Å². The molecule has 14 heavy (non-hydrogen) atoms. The molecule has 0 saturated heterocycles. The highest BCUT2D eigenvalue weighted by atomic mass is 28.4. The molecule has 0 heterocycles. The fourth-order valence-electron chi connectivity index (χ4n) is 0.807. The maximum Gasteiger partial charge on any atom is 0.562 e. The maximum absolute atomic E-state index is 11.1. The molecule has 5 heteroatoms. The van der Waals surface area contributed by atoms with E-state index in [2.05, 4.69) is 4.43 Å². The van der Waals surface area contributed by atoms with E-state index in [0.717, 1.165) is 0 Å². The molecule has 0 spiro atoms. The molecule has 2 N–H and O–H groups in total. The summed E-state index contributed by atoms with van der Waals surface area (Å²) in [5.41, 5.74) is 0.